The van der Waals surface area contributed by atoms with Crippen LogP contribution in [0.2, 0.25) is 0 Å². The average molecular weight is 380 g/mol. The molecule has 0 atom stereocenters. The quantitative estimate of drug-likeness (QED) is 0.848. The maximum Gasteiger partial charge on any atom is 0.416 e. The summed E-state index contributed by atoms with van der Waals surface area (Å²) >= 11 is 0. The van der Waals surface area contributed by atoms with E-state index in [2.05, 4.69) is 20.5 Å². The number of carbonyl (C=O) groups excluding carboxylic acids is 1. The number of benzene rings is 1. The number of halogens is 3. The standard InChI is InChI=1S/C18H19F3N4O2/c1-12-2-3-13(10-15(12)18(19,20)21)23-17(26)24-14-4-5-16(22-11-14)25-6-8-27-9-7-25/h2-5,10-11H,6-9H2,1H3,(H2,23,24,26). The second-order valence-electron chi connectivity index (χ2n) is 6.11. The Labute approximate surface area is 154 Å². The van der Waals surface area contributed by atoms with E-state index in [4.69, 9.17) is 4.74 Å². The predicted molar refractivity (Wildman–Crippen MR) is 96.1 cm³/mol. The fourth-order valence-electron chi connectivity index (χ4n) is 2.74. The predicted octanol–water partition coefficient (Wildman–Crippen LogP) is 3.89. The summed E-state index contributed by atoms with van der Waals surface area (Å²) in [5.41, 5.74) is -0.191. The van der Waals surface area contributed by atoms with E-state index in [0.29, 0.717) is 18.9 Å². The molecule has 2 heterocycles. The summed E-state index contributed by atoms with van der Waals surface area (Å²) in [5.74, 6) is 0.776. The number of aryl methyl sites for hydroxylation is 1. The Morgan fingerprint density at radius 2 is 1.78 bits per heavy atom. The van der Waals surface area contributed by atoms with Gasteiger partial charge in [0.05, 0.1) is 30.7 Å². The molecule has 27 heavy (non-hydrogen) atoms. The summed E-state index contributed by atoms with van der Waals surface area (Å²) in [6, 6.07) is 6.46. The molecule has 1 aliphatic heterocycles. The summed E-state index contributed by atoms with van der Waals surface area (Å²) in [6.45, 7) is 4.14. The zero-order valence-corrected chi connectivity index (χ0v) is 14.6. The van der Waals surface area contributed by atoms with Crippen molar-refractivity contribution in [1.29, 1.82) is 0 Å². The van der Waals surface area contributed by atoms with Gasteiger partial charge in [-0.1, -0.05) is 6.07 Å². The normalized spacial score (nSPS) is 14.7. The first-order chi connectivity index (χ1) is 12.8. The van der Waals surface area contributed by atoms with Crippen LogP contribution in [0.1, 0.15) is 11.1 Å². The Hall–Kier alpha value is -2.81. The lowest BCUT2D eigenvalue weighted by molar-refractivity contribution is -0.138. The molecule has 2 amide bonds. The topological polar surface area (TPSA) is 66.5 Å². The van der Waals surface area contributed by atoms with Crippen LogP contribution in [-0.4, -0.2) is 37.3 Å². The van der Waals surface area contributed by atoms with Crippen molar-refractivity contribution in [3.63, 3.8) is 0 Å². The Kier molecular flexibility index (Phi) is 5.50. The van der Waals surface area contributed by atoms with Crippen LogP contribution < -0.4 is 15.5 Å². The molecule has 0 radical (unpaired) electrons. The van der Waals surface area contributed by atoms with Crippen LogP contribution in [0, 0.1) is 6.92 Å². The molecule has 3 rings (SSSR count). The number of alkyl halides is 3. The summed E-state index contributed by atoms with van der Waals surface area (Å²) in [7, 11) is 0. The summed E-state index contributed by atoms with van der Waals surface area (Å²) < 4.78 is 44.2. The number of urea groups is 1. The number of hydrogen-bond donors (Lipinski definition) is 2. The van der Waals surface area contributed by atoms with Crippen LogP contribution in [0.15, 0.2) is 36.5 Å². The van der Waals surface area contributed by atoms with Gasteiger partial charge in [-0.3, -0.25) is 0 Å². The first-order valence-electron chi connectivity index (χ1n) is 8.37. The van der Waals surface area contributed by atoms with Crippen molar-refractivity contribution in [3.05, 3.63) is 47.7 Å². The minimum atomic E-state index is -4.47. The number of ether oxygens (including phenoxy) is 1. The SMILES string of the molecule is Cc1ccc(NC(=O)Nc2ccc(N3CCOCC3)nc2)cc1C(F)(F)F. The minimum Gasteiger partial charge on any atom is -0.378 e. The maximum atomic E-state index is 13.0. The van der Waals surface area contributed by atoms with Crippen LogP contribution in [-0.2, 0) is 10.9 Å². The first-order valence-corrected chi connectivity index (χ1v) is 8.37. The summed E-state index contributed by atoms with van der Waals surface area (Å²) in [4.78, 5) is 18.4. The van der Waals surface area contributed by atoms with Crippen molar-refractivity contribution in [1.82, 2.24) is 4.98 Å². The molecule has 0 bridgehead atoms. The molecule has 0 aliphatic carbocycles. The maximum absolute atomic E-state index is 13.0. The smallest absolute Gasteiger partial charge is 0.378 e. The van der Waals surface area contributed by atoms with Crippen molar-refractivity contribution in [2.75, 3.05) is 41.8 Å². The number of pyridine rings is 1. The second-order valence-corrected chi connectivity index (χ2v) is 6.11. The molecule has 0 saturated carbocycles. The molecule has 1 saturated heterocycles. The van der Waals surface area contributed by atoms with Gasteiger partial charge >= 0.3 is 12.2 Å². The third-order valence-corrected chi connectivity index (χ3v) is 4.14. The number of amides is 2. The third-order valence-electron chi connectivity index (χ3n) is 4.14. The first kappa shape index (κ1) is 19.0. The lowest BCUT2D eigenvalue weighted by Gasteiger charge is -2.27. The van der Waals surface area contributed by atoms with Crippen LogP contribution in [0.25, 0.3) is 0 Å². The van der Waals surface area contributed by atoms with E-state index in [1.807, 2.05) is 0 Å². The minimum absolute atomic E-state index is 0.0586. The third kappa shape index (κ3) is 4.88. The molecule has 0 spiro atoms. The molecule has 0 unspecified atom stereocenters. The number of nitrogens with zero attached hydrogens (tertiary/aromatic N) is 2. The van der Waals surface area contributed by atoms with Gasteiger partial charge in [0.25, 0.3) is 0 Å². The highest BCUT2D eigenvalue weighted by Gasteiger charge is 2.32. The monoisotopic (exact) mass is 380 g/mol. The van der Waals surface area contributed by atoms with Gasteiger partial charge in [-0.05, 0) is 36.8 Å². The van der Waals surface area contributed by atoms with E-state index in [9.17, 15) is 18.0 Å². The summed E-state index contributed by atoms with van der Waals surface area (Å²) in [6.07, 6.45) is -2.97. The number of rotatable bonds is 3. The van der Waals surface area contributed by atoms with Gasteiger partial charge in [-0.2, -0.15) is 13.2 Å². The summed E-state index contributed by atoms with van der Waals surface area (Å²) in [5, 5.41) is 4.96. The zero-order valence-electron chi connectivity index (χ0n) is 14.6. The molecule has 1 fully saturated rings. The van der Waals surface area contributed by atoms with E-state index in [-0.39, 0.29) is 11.3 Å². The van der Waals surface area contributed by atoms with E-state index >= 15 is 0 Å². The van der Waals surface area contributed by atoms with Crippen molar-refractivity contribution < 1.29 is 22.7 Å². The number of hydrogen-bond acceptors (Lipinski definition) is 4. The average Bonchev–Trinajstić information content (AvgIpc) is 2.64. The fourth-order valence-corrected chi connectivity index (χ4v) is 2.74. The van der Waals surface area contributed by atoms with Crippen molar-refractivity contribution in [3.8, 4) is 0 Å². The highest BCUT2D eigenvalue weighted by Crippen LogP contribution is 2.33. The van der Waals surface area contributed by atoms with E-state index in [1.54, 1.807) is 12.1 Å². The van der Waals surface area contributed by atoms with Crippen LogP contribution in [0.4, 0.5) is 35.2 Å². The van der Waals surface area contributed by atoms with Crippen molar-refractivity contribution in [2.45, 2.75) is 13.1 Å². The lowest BCUT2D eigenvalue weighted by Crippen LogP contribution is -2.36. The van der Waals surface area contributed by atoms with E-state index in [0.717, 1.165) is 25.0 Å². The van der Waals surface area contributed by atoms with Gasteiger partial charge in [0, 0.05) is 18.8 Å². The van der Waals surface area contributed by atoms with Gasteiger partial charge < -0.3 is 20.3 Å². The Morgan fingerprint density at radius 3 is 2.41 bits per heavy atom. The van der Waals surface area contributed by atoms with E-state index in [1.165, 1.54) is 25.3 Å². The molecule has 2 N–H and O–H groups in total. The van der Waals surface area contributed by atoms with Gasteiger partial charge in [-0.25, -0.2) is 9.78 Å². The molecule has 2 aromatic rings. The number of nitrogens with one attached hydrogen (secondary N) is 2. The van der Waals surface area contributed by atoms with Crippen molar-refractivity contribution in [2.24, 2.45) is 0 Å². The molecular weight excluding hydrogens is 361 g/mol. The lowest BCUT2D eigenvalue weighted by atomic mass is 10.1. The molecule has 1 aliphatic rings. The molecular formula is C18H19F3N4O2. The van der Waals surface area contributed by atoms with Gasteiger partial charge in [0.15, 0.2) is 0 Å². The Morgan fingerprint density at radius 1 is 1.11 bits per heavy atom. The molecule has 6 nitrogen and oxygen atoms in total. The van der Waals surface area contributed by atoms with Gasteiger partial charge in [-0.15, -0.1) is 0 Å². The van der Waals surface area contributed by atoms with E-state index < -0.39 is 17.8 Å². The molecule has 1 aromatic carbocycles. The van der Waals surface area contributed by atoms with Crippen LogP contribution in [0.3, 0.4) is 0 Å². The van der Waals surface area contributed by atoms with Crippen molar-refractivity contribution >= 4 is 23.2 Å². The number of carbonyl (C=O) groups is 1. The fraction of sp³-hybridized carbons (Fsp3) is 0.333. The van der Waals surface area contributed by atoms with Crippen LogP contribution in [0.5, 0.6) is 0 Å². The highest BCUT2D eigenvalue weighted by molar-refractivity contribution is 5.99. The Balaban J connectivity index is 1.62. The zero-order chi connectivity index (χ0) is 19.4. The molecule has 144 valence electrons. The second kappa shape index (κ2) is 7.83. The number of morpholine rings is 1. The number of aromatic nitrogens is 1. The Bertz CT molecular complexity index is 803. The largest absolute Gasteiger partial charge is 0.416 e. The van der Waals surface area contributed by atoms with Gasteiger partial charge in [0.2, 0.25) is 0 Å². The molecule has 1 aromatic heterocycles. The molecule has 9 heteroatoms. The number of anilines is 3. The van der Waals surface area contributed by atoms with Crippen LogP contribution >= 0.6 is 0 Å². The van der Waals surface area contributed by atoms with Gasteiger partial charge in [0.1, 0.15) is 5.82 Å². The highest BCUT2D eigenvalue weighted by atomic mass is 19.4.